The number of ether oxygens (including phenoxy) is 1. The van der Waals surface area contributed by atoms with Crippen molar-refractivity contribution in [3.05, 3.63) is 98.7 Å². The molecule has 1 aliphatic heterocycles. The molecule has 1 saturated heterocycles. The molecule has 0 radical (unpaired) electrons. The van der Waals surface area contributed by atoms with E-state index >= 15 is 0 Å². The molecule has 2 fully saturated rings. The monoisotopic (exact) mass is 600 g/mol. The zero-order valence-corrected chi connectivity index (χ0v) is 22.5. The Morgan fingerprint density at radius 2 is 1.90 bits per heavy atom. The van der Waals surface area contributed by atoms with Crippen molar-refractivity contribution in [2.75, 3.05) is 18.0 Å². The number of carbonyl (C=O) groups is 1. The number of benzene rings is 2. The Labute approximate surface area is 241 Å². The molecule has 6 rings (SSSR count). The normalized spacial score (nSPS) is 15.3. The minimum atomic E-state index is -1.25. The fraction of sp³-hybridized carbons (Fsp3) is 0.250. The highest BCUT2D eigenvalue weighted by molar-refractivity contribution is 6.31. The van der Waals surface area contributed by atoms with Crippen LogP contribution in [0.3, 0.4) is 0 Å². The van der Waals surface area contributed by atoms with E-state index in [-0.39, 0.29) is 42.4 Å². The van der Waals surface area contributed by atoms with Crippen molar-refractivity contribution < 1.29 is 38.3 Å². The summed E-state index contributed by atoms with van der Waals surface area (Å²) in [5.74, 6) is -0.805. The maximum Gasteiger partial charge on any atom is 0.335 e. The molecular weight excluding hydrogens is 578 g/mol. The first-order chi connectivity index (χ1) is 20.1. The summed E-state index contributed by atoms with van der Waals surface area (Å²) in [6.45, 7) is 0.392. The van der Waals surface area contributed by atoms with Crippen LogP contribution >= 0.6 is 11.6 Å². The molecule has 2 aromatic carbocycles. The molecule has 3 heterocycles. The molecule has 11 nitrogen and oxygen atoms in total. The van der Waals surface area contributed by atoms with Crippen LogP contribution in [0.15, 0.2) is 64.6 Å². The van der Waals surface area contributed by atoms with E-state index in [1.54, 1.807) is 23.1 Å². The summed E-state index contributed by atoms with van der Waals surface area (Å²) in [5, 5.41) is 32.6. The zero-order chi connectivity index (χ0) is 30.0. The number of nitrogens with zero attached hydrogens (tertiary/aromatic N) is 4. The maximum absolute atomic E-state index is 14.5. The van der Waals surface area contributed by atoms with Gasteiger partial charge in [0.2, 0.25) is 0 Å². The Morgan fingerprint density at radius 1 is 1.17 bits per heavy atom. The number of halogens is 3. The molecule has 218 valence electrons. The van der Waals surface area contributed by atoms with Gasteiger partial charge in [-0.3, -0.25) is 0 Å². The van der Waals surface area contributed by atoms with E-state index in [4.69, 9.17) is 31.0 Å². The van der Waals surface area contributed by atoms with Gasteiger partial charge >= 0.3 is 5.97 Å². The summed E-state index contributed by atoms with van der Waals surface area (Å²) in [6, 6.07) is 11.1. The minimum Gasteiger partial charge on any atom is -0.489 e. The Balaban J connectivity index is 0.00000113. The molecular formula is C28H23ClF2N4O7. The molecule has 0 amide bonds. The van der Waals surface area contributed by atoms with Gasteiger partial charge in [-0.05, 0) is 49.2 Å². The van der Waals surface area contributed by atoms with Crippen LogP contribution < -0.4 is 9.64 Å². The van der Waals surface area contributed by atoms with Gasteiger partial charge < -0.3 is 29.6 Å². The maximum atomic E-state index is 14.5. The van der Waals surface area contributed by atoms with Gasteiger partial charge in [0.05, 0.1) is 29.2 Å². The van der Waals surface area contributed by atoms with Crippen molar-refractivity contribution >= 4 is 23.4 Å². The van der Waals surface area contributed by atoms with Gasteiger partial charge in [0.25, 0.3) is 0 Å². The first-order valence-electron chi connectivity index (χ1n) is 12.6. The van der Waals surface area contributed by atoms with E-state index in [0.717, 1.165) is 25.0 Å². The topological polar surface area (TPSA) is 159 Å². The quantitative estimate of drug-likeness (QED) is 0.170. The first-order valence-corrected chi connectivity index (χ1v) is 13.0. The van der Waals surface area contributed by atoms with E-state index in [0.29, 0.717) is 33.5 Å². The fourth-order valence-electron chi connectivity index (χ4n) is 4.78. The summed E-state index contributed by atoms with van der Waals surface area (Å²) in [4.78, 5) is 25.3. The molecule has 1 aliphatic carbocycles. The van der Waals surface area contributed by atoms with Gasteiger partial charge in [-0.25, -0.2) is 18.6 Å². The predicted octanol–water partition coefficient (Wildman–Crippen LogP) is 5.67. The third kappa shape index (κ3) is 5.87. The summed E-state index contributed by atoms with van der Waals surface area (Å²) < 4.78 is 39.5. The van der Waals surface area contributed by atoms with Crippen LogP contribution in [0, 0.1) is 16.5 Å². The van der Waals surface area contributed by atoms with Gasteiger partial charge in [-0.2, -0.15) is 0 Å². The summed E-state index contributed by atoms with van der Waals surface area (Å²) in [5.41, 5.74) is 0.336. The molecule has 1 saturated carbocycles. The molecule has 3 N–H and O–H groups in total. The van der Waals surface area contributed by atoms with Crippen molar-refractivity contribution in [3.8, 4) is 17.0 Å². The van der Waals surface area contributed by atoms with E-state index in [1.165, 1.54) is 29.7 Å². The van der Waals surface area contributed by atoms with Crippen molar-refractivity contribution in [1.29, 1.82) is 0 Å². The molecule has 4 aromatic rings. The minimum absolute atomic E-state index is 0.0286. The molecule has 0 atom stereocenters. The van der Waals surface area contributed by atoms with Crippen molar-refractivity contribution in [2.45, 2.75) is 31.0 Å². The highest BCUT2D eigenvalue weighted by Gasteiger charge is 2.44. The van der Waals surface area contributed by atoms with Gasteiger partial charge in [-0.1, -0.05) is 22.8 Å². The number of aromatic carboxylic acids is 1. The van der Waals surface area contributed by atoms with E-state index in [1.807, 2.05) is 0 Å². The number of hydrogen-bond acceptors (Lipinski definition) is 9. The van der Waals surface area contributed by atoms with Crippen LogP contribution in [-0.2, 0) is 12.2 Å². The van der Waals surface area contributed by atoms with E-state index < -0.39 is 23.2 Å². The Hall–Kier alpha value is -4.62. The summed E-state index contributed by atoms with van der Waals surface area (Å²) in [7, 11) is 0. The standard InChI is InChI=1S/C28H22ClF2N3O5.HNO2/c29-22-11-18(4-6-21(22)28(37)13-34(14-28)24-9-16(27(35)36)7-8-32-24)38-12-20-25(33-39-26(20)15-1-2-15)19-5-3-17(30)10-23(19)31;2-1-3/h3-11,15,37H,1-2,12-14H2,(H,35,36);(H,2,3). The van der Waals surface area contributed by atoms with E-state index in [2.05, 4.69) is 10.1 Å². The largest absolute Gasteiger partial charge is 0.489 e. The molecule has 0 spiro atoms. The lowest BCUT2D eigenvalue weighted by Crippen LogP contribution is -2.60. The van der Waals surface area contributed by atoms with Crippen LogP contribution in [0.2, 0.25) is 5.02 Å². The Kier molecular flexibility index (Phi) is 8.05. The summed E-state index contributed by atoms with van der Waals surface area (Å²) in [6.07, 6.45) is 3.27. The molecule has 42 heavy (non-hydrogen) atoms. The van der Waals surface area contributed by atoms with E-state index in [9.17, 15) is 23.8 Å². The van der Waals surface area contributed by atoms with Crippen LogP contribution in [0.1, 0.15) is 46.0 Å². The third-order valence-electron chi connectivity index (χ3n) is 7.00. The Bertz CT molecular complexity index is 1640. The number of β-amino-alcohol motifs (C(OH)–C–C–N with tert-alkyl or cyclic N) is 1. The highest BCUT2D eigenvalue weighted by Crippen LogP contribution is 2.45. The molecule has 2 aromatic heterocycles. The van der Waals surface area contributed by atoms with Crippen LogP contribution in [0.25, 0.3) is 11.3 Å². The second kappa shape index (κ2) is 11.7. The molecule has 14 heteroatoms. The number of aromatic nitrogens is 2. The number of carboxylic acids is 1. The lowest BCUT2D eigenvalue weighted by Gasteiger charge is -2.47. The second-order valence-corrected chi connectivity index (χ2v) is 10.3. The van der Waals surface area contributed by atoms with Gasteiger partial charge in [0.1, 0.15) is 46.9 Å². The first kappa shape index (κ1) is 28.9. The van der Waals surface area contributed by atoms with Crippen molar-refractivity contribution in [2.24, 2.45) is 5.34 Å². The predicted molar refractivity (Wildman–Crippen MR) is 145 cm³/mol. The molecule has 0 unspecified atom stereocenters. The highest BCUT2D eigenvalue weighted by atomic mass is 35.5. The number of rotatable bonds is 8. The lowest BCUT2D eigenvalue weighted by atomic mass is 9.86. The SMILES string of the molecule is O=C(O)c1ccnc(N2CC(O)(c3ccc(OCc4c(-c5ccc(F)cc5F)noc4C4CC4)cc3Cl)C2)c1.O=NO. The zero-order valence-electron chi connectivity index (χ0n) is 21.7. The van der Waals surface area contributed by atoms with Crippen LogP contribution in [0.5, 0.6) is 5.75 Å². The van der Waals surface area contributed by atoms with Gasteiger partial charge in [0, 0.05) is 29.3 Å². The third-order valence-corrected chi connectivity index (χ3v) is 7.31. The molecule has 2 aliphatic rings. The van der Waals surface area contributed by atoms with Gasteiger partial charge in [-0.15, -0.1) is 4.91 Å². The summed E-state index contributed by atoms with van der Waals surface area (Å²) >= 11 is 6.53. The molecule has 0 bridgehead atoms. The average Bonchev–Trinajstić information content (AvgIpc) is 3.70. The van der Waals surface area contributed by atoms with Crippen LogP contribution in [-0.4, -0.2) is 44.6 Å². The average molecular weight is 601 g/mol. The number of hydrogen-bond donors (Lipinski definition) is 3. The van der Waals surface area contributed by atoms with Crippen LogP contribution in [0.4, 0.5) is 14.6 Å². The number of carboxylic acid groups (broad SMARTS) is 1. The number of pyridine rings is 1. The fourth-order valence-corrected chi connectivity index (χ4v) is 5.13. The number of aliphatic hydroxyl groups is 1. The van der Waals surface area contributed by atoms with Crippen molar-refractivity contribution in [3.63, 3.8) is 0 Å². The number of anilines is 1. The van der Waals surface area contributed by atoms with Crippen molar-refractivity contribution in [1.82, 2.24) is 10.1 Å². The van der Waals surface area contributed by atoms with Gasteiger partial charge in [0.15, 0.2) is 5.34 Å². The second-order valence-electron chi connectivity index (χ2n) is 9.88. The lowest BCUT2D eigenvalue weighted by molar-refractivity contribution is 0.00712. The Morgan fingerprint density at radius 3 is 2.55 bits per heavy atom. The smallest absolute Gasteiger partial charge is 0.335 e.